The molecule has 0 amide bonds. The summed E-state index contributed by atoms with van der Waals surface area (Å²) >= 11 is 0. The fraction of sp³-hybridized carbons (Fsp3) is 0.532. The number of aromatic nitrogens is 1. The number of aromatic amines is 1. The van der Waals surface area contributed by atoms with Gasteiger partial charge in [0.15, 0.2) is 17.6 Å². The summed E-state index contributed by atoms with van der Waals surface area (Å²) in [6, 6.07) is 26.7. The van der Waals surface area contributed by atoms with Gasteiger partial charge < -0.3 is 65.2 Å². The molecule has 4 heterocycles. The highest BCUT2D eigenvalue weighted by molar-refractivity contribution is 5.90. The van der Waals surface area contributed by atoms with Crippen molar-refractivity contribution in [3.05, 3.63) is 141 Å². The number of fused-ring (bicyclic) bond motifs is 12. The fourth-order valence-electron chi connectivity index (χ4n) is 16.9. The van der Waals surface area contributed by atoms with Gasteiger partial charge in [0, 0.05) is 85.1 Å². The van der Waals surface area contributed by atoms with Gasteiger partial charge in [-0.2, -0.15) is 0 Å². The lowest BCUT2D eigenvalue weighted by molar-refractivity contribution is -0.144. The van der Waals surface area contributed by atoms with Crippen LogP contribution in [0.5, 0.6) is 28.7 Å². The van der Waals surface area contributed by atoms with Crippen LogP contribution in [0.25, 0.3) is 28.1 Å². The molecule has 1 aromatic heterocycles. The van der Waals surface area contributed by atoms with Crippen molar-refractivity contribution in [3.63, 3.8) is 0 Å². The second-order valence-electron chi connectivity index (χ2n) is 28.0. The quantitative estimate of drug-likeness (QED) is 0.0154. The summed E-state index contributed by atoms with van der Waals surface area (Å²) in [6.07, 6.45) is 18.4. The SMILES string of the molecule is CC(C)C[C@@](O)(CNCN[C@H]1C#CC[C@@H](CO)Oc2cc(cc(CCCO)c2O)[C@H]2Oc3c(c4c(c5c3CC[C@@H](CO)O5)-c3ccc(O)c5c3[C@H](C4)[C@@H](c3ccc4[nH]ccc4c3)C(CNCCCc3ccccc3)=C5)C[C@]12OCNC1CCCCC1)C1CCCCC1. The average molecular weight is 1250 g/mol. The molecule has 8 atom stereocenters. The second kappa shape index (κ2) is 28.7. The van der Waals surface area contributed by atoms with Gasteiger partial charge in [-0.1, -0.05) is 107 Å². The van der Waals surface area contributed by atoms with Crippen molar-refractivity contribution < 1.29 is 49.6 Å². The molecule has 2 bridgehead atoms. The van der Waals surface area contributed by atoms with Crippen molar-refractivity contribution in [2.24, 2.45) is 11.8 Å². The van der Waals surface area contributed by atoms with Gasteiger partial charge in [0.05, 0.1) is 25.5 Å². The molecular formula is C77H97N5O10. The van der Waals surface area contributed by atoms with E-state index >= 15 is 0 Å². The molecule has 0 spiro atoms. The number of hydrogen-bond donors (Lipinski definition) is 11. The highest BCUT2D eigenvalue weighted by atomic mass is 16.6. The average Bonchev–Trinajstić information content (AvgIpc) is 0.749. The maximum atomic E-state index is 12.7. The minimum absolute atomic E-state index is 0.0623. The van der Waals surface area contributed by atoms with Crippen LogP contribution >= 0.6 is 0 Å². The minimum atomic E-state index is -1.34. The van der Waals surface area contributed by atoms with Crippen molar-refractivity contribution in [2.45, 2.75) is 196 Å². The van der Waals surface area contributed by atoms with Gasteiger partial charge in [0.25, 0.3) is 0 Å². The van der Waals surface area contributed by atoms with Gasteiger partial charge >= 0.3 is 0 Å². The molecule has 2 saturated carbocycles. The molecule has 92 heavy (non-hydrogen) atoms. The maximum absolute atomic E-state index is 12.7. The molecule has 0 unspecified atom stereocenters. The molecule has 15 nitrogen and oxygen atoms in total. The summed E-state index contributed by atoms with van der Waals surface area (Å²) in [5, 5.41) is 85.8. The number of aromatic hydroxyl groups is 2. The van der Waals surface area contributed by atoms with E-state index in [0.29, 0.717) is 86.6 Å². The molecule has 6 aromatic rings. The van der Waals surface area contributed by atoms with E-state index in [1.54, 1.807) is 0 Å². The predicted octanol–water partition coefficient (Wildman–Crippen LogP) is 11.2. The smallest absolute Gasteiger partial charge is 0.162 e. The van der Waals surface area contributed by atoms with E-state index < -0.39 is 35.6 Å². The van der Waals surface area contributed by atoms with Crippen molar-refractivity contribution in [3.8, 4) is 51.7 Å². The van der Waals surface area contributed by atoms with Gasteiger partial charge in [-0.3, -0.25) is 10.6 Å². The number of rotatable bonds is 24. The molecule has 0 radical (unpaired) electrons. The zero-order valence-corrected chi connectivity index (χ0v) is 54.0. The summed E-state index contributed by atoms with van der Waals surface area (Å²) in [5.74, 6) is 9.13. The second-order valence-corrected chi connectivity index (χ2v) is 28.0. The maximum Gasteiger partial charge on any atom is 0.162 e. The van der Waals surface area contributed by atoms with E-state index in [4.69, 9.17) is 18.9 Å². The molecule has 0 saturated heterocycles. The van der Waals surface area contributed by atoms with Crippen molar-refractivity contribution in [1.82, 2.24) is 26.3 Å². The Bertz CT molecular complexity index is 3640. The molecule has 13 rings (SSSR count). The van der Waals surface area contributed by atoms with E-state index in [1.807, 2.05) is 24.4 Å². The van der Waals surface area contributed by atoms with Crippen LogP contribution in [0, 0.1) is 23.7 Å². The van der Waals surface area contributed by atoms with Gasteiger partial charge in [0.2, 0.25) is 0 Å². The van der Waals surface area contributed by atoms with Crippen LogP contribution in [0.15, 0.2) is 90.6 Å². The highest BCUT2D eigenvalue weighted by Gasteiger charge is 2.56. The lowest BCUT2D eigenvalue weighted by Gasteiger charge is -2.50. The highest BCUT2D eigenvalue weighted by Crippen LogP contribution is 2.62. The normalized spacial score (nSPS) is 24.2. The zero-order valence-electron chi connectivity index (χ0n) is 54.0. The van der Waals surface area contributed by atoms with E-state index in [0.717, 1.165) is 121 Å². The van der Waals surface area contributed by atoms with Crippen LogP contribution in [0.3, 0.4) is 0 Å². The minimum Gasteiger partial charge on any atom is -0.507 e. The predicted molar refractivity (Wildman–Crippen MR) is 360 cm³/mol. The molecule has 11 N–H and O–H groups in total. The Hall–Kier alpha value is -6.42. The Morgan fingerprint density at radius 1 is 0.783 bits per heavy atom. The summed E-state index contributed by atoms with van der Waals surface area (Å²) in [4.78, 5) is 3.43. The lowest BCUT2D eigenvalue weighted by Crippen LogP contribution is -2.62. The number of aryl methyl sites for hydroxylation is 2. The topological polar surface area (TPSA) is 222 Å². The van der Waals surface area contributed by atoms with E-state index in [9.17, 15) is 30.6 Å². The lowest BCUT2D eigenvalue weighted by atomic mass is 9.62. The Kier molecular flexibility index (Phi) is 20.0. The Morgan fingerprint density at radius 3 is 2.39 bits per heavy atom. The molecule has 2 fully saturated rings. The Labute approximate surface area is 543 Å². The first-order valence-corrected chi connectivity index (χ1v) is 34.7. The molecule has 15 heteroatoms. The molecule has 3 aliphatic heterocycles. The first kappa shape index (κ1) is 64.3. The van der Waals surface area contributed by atoms with Crippen LogP contribution in [0.1, 0.15) is 178 Å². The number of H-pyrrole nitrogens is 1. The fourth-order valence-corrected chi connectivity index (χ4v) is 16.9. The Balaban J connectivity index is 0.986. The summed E-state index contributed by atoms with van der Waals surface area (Å²) in [6.45, 7) is 6.04. The van der Waals surface area contributed by atoms with E-state index in [1.165, 1.54) is 29.5 Å². The van der Waals surface area contributed by atoms with Crippen LogP contribution in [-0.2, 0) is 36.8 Å². The standard InChI is InChI=1S/C77H97N5O10/c1-48(2)40-76(88,55-19-8-4-9-20-55)45-79-46-81-68-24-12-23-57(43-84)90-67-38-53(36-52(72(67)87)18-14-34-83)75-77(68,89-47-82-56-21-10-5-11-22-56)41-64-61-39-63-69(51-25-29-65-50(35-51)31-33-80-65)54(42-78-32-13-17-49-15-6-3-7-16-49)37-62-66(86)30-28-59(70(62)63)71(61)74-60(73(64)92-75)27-26-58(44-85)91-74/h3,6-7,15-16,25,28-31,33,35-38,48,55-58,63,68-69,75,78-88H,4-5,8-11,13-14,17-23,26-27,32,34,39-47H2,1-2H3/t57-,58-,63+,68-,69-,75+,76+,77-/m0/s1. The third kappa shape index (κ3) is 13.2. The number of ether oxygens (including phenoxy) is 4. The van der Waals surface area contributed by atoms with Gasteiger partial charge in [-0.15, -0.1) is 0 Å². The molecule has 5 aromatic carbocycles. The third-order valence-corrected chi connectivity index (χ3v) is 21.4. The van der Waals surface area contributed by atoms with Crippen LogP contribution < -0.4 is 35.5 Å². The molecule has 7 aliphatic rings. The van der Waals surface area contributed by atoms with Gasteiger partial charge in [-0.05, 0) is 194 Å². The number of benzene rings is 5. The number of phenols is 2. The zero-order chi connectivity index (χ0) is 63.3. The van der Waals surface area contributed by atoms with Crippen molar-refractivity contribution in [1.29, 1.82) is 0 Å². The van der Waals surface area contributed by atoms with Gasteiger partial charge in [0.1, 0.15) is 41.1 Å². The largest absolute Gasteiger partial charge is 0.507 e. The van der Waals surface area contributed by atoms with Crippen LogP contribution in [0.4, 0.5) is 0 Å². The number of nitrogens with one attached hydrogen (secondary N) is 5. The van der Waals surface area contributed by atoms with E-state index in [2.05, 4.69) is 119 Å². The number of hydrogen-bond acceptors (Lipinski definition) is 14. The first-order chi connectivity index (χ1) is 44.9. The monoisotopic (exact) mass is 1250 g/mol. The first-order valence-electron chi connectivity index (χ1n) is 34.7. The van der Waals surface area contributed by atoms with Crippen LogP contribution in [-0.4, -0.2) is 124 Å². The summed E-state index contributed by atoms with van der Waals surface area (Å²) in [5.41, 5.74) is 10.5. The number of aliphatic hydroxyl groups is 4. The molecular weight excluding hydrogens is 1150 g/mol. The Morgan fingerprint density at radius 2 is 1.60 bits per heavy atom. The van der Waals surface area contributed by atoms with Crippen LogP contribution in [0.2, 0.25) is 0 Å². The van der Waals surface area contributed by atoms with E-state index in [-0.39, 0.29) is 80.7 Å². The molecule has 4 aliphatic carbocycles. The van der Waals surface area contributed by atoms with Crippen molar-refractivity contribution >= 4 is 17.0 Å². The number of aliphatic hydroxyl groups excluding tert-OH is 3. The summed E-state index contributed by atoms with van der Waals surface area (Å²) < 4.78 is 29.6. The summed E-state index contributed by atoms with van der Waals surface area (Å²) in [7, 11) is 0. The van der Waals surface area contributed by atoms with Crippen molar-refractivity contribution in [2.75, 3.05) is 52.9 Å². The van der Waals surface area contributed by atoms with Gasteiger partial charge in [-0.25, -0.2) is 0 Å². The molecule has 490 valence electrons. The third-order valence-electron chi connectivity index (χ3n) is 21.4. The number of phenolic OH excluding ortho intramolecular Hbond substituents is 2.